The van der Waals surface area contributed by atoms with Crippen LogP contribution in [0.4, 0.5) is 0 Å². The summed E-state index contributed by atoms with van der Waals surface area (Å²) in [5.41, 5.74) is 1.29. The van der Waals surface area contributed by atoms with Crippen LogP contribution in [0.15, 0.2) is 54.6 Å². The van der Waals surface area contributed by atoms with Crippen LogP contribution in [0, 0.1) is 0 Å². The molecule has 0 unspecified atom stereocenters. The average Bonchev–Trinajstić information content (AvgIpc) is 2.69. The minimum atomic E-state index is -0.912. The maximum atomic E-state index is 12.1. The van der Waals surface area contributed by atoms with Crippen molar-refractivity contribution >= 4 is 17.5 Å². The number of benzene rings is 2. The van der Waals surface area contributed by atoms with Gasteiger partial charge in [-0.3, -0.25) is 9.59 Å². The largest absolute Gasteiger partial charge is 0.494 e. The van der Waals surface area contributed by atoms with E-state index in [0.717, 1.165) is 12.0 Å². The van der Waals surface area contributed by atoms with E-state index in [1.165, 1.54) is 0 Å². The summed E-state index contributed by atoms with van der Waals surface area (Å²) in [7, 11) is 0. The first-order valence-electron chi connectivity index (χ1n) is 8.60. The fourth-order valence-electron chi connectivity index (χ4n) is 2.23. The van der Waals surface area contributed by atoms with Crippen LogP contribution < -0.4 is 4.74 Å². The number of carbonyl (C=O) groups is 3. The van der Waals surface area contributed by atoms with Crippen molar-refractivity contribution in [1.82, 2.24) is 0 Å². The highest BCUT2D eigenvalue weighted by atomic mass is 16.5. The van der Waals surface area contributed by atoms with Crippen LogP contribution in [0.1, 0.15) is 42.1 Å². The Bertz CT molecular complexity index is 735. The Kier molecular flexibility index (Phi) is 7.55. The summed E-state index contributed by atoms with van der Waals surface area (Å²) >= 11 is 0. The summed E-state index contributed by atoms with van der Waals surface area (Å²) in [6, 6.07) is 15.9. The maximum Gasteiger partial charge on any atom is 0.374 e. The van der Waals surface area contributed by atoms with Gasteiger partial charge in [0.1, 0.15) is 12.4 Å². The molecule has 0 bridgehead atoms. The highest BCUT2D eigenvalue weighted by Gasteiger charge is 2.17. The van der Waals surface area contributed by atoms with E-state index in [-0.39, 0.29) is 25.2 Å². The first-order valence-corrected chi connectivity index (χ1v) is 8.60. The molecule has 136 valence electrons. The lowest BCUT2D eigenvalue weighted by molar-refractivity contribution is -0.154. The average molecular weight is 354 g/mol. The number of rotatable bonds is 10. The number of esters is 1. The standard InChI is InChI=1S/C21H22O5/c1-2-14-25-18-10-8-17(9-11-18)19(22)12-13-20(23)21(24)26-15-16-6-4-3-5-7-16/h3-11H,2,12-15H2,1H3. The van der Waals surface area contributed by atoms with Crippen molar-refractivity contribution in [2.45, 2.75) is 32.8 Å². The topological polar surface area (TPSA) is 69.7 Å². The third-order valence-corrected chi connectivity index (χ3v) is 3.67. The van der Waals surface area contributed by atoms with Crippen LogP contribution in [0.25, 0.3) is 0 Å². The van der Waals surface area contributed by atoms with Gasteiger partial charge in [0, 0.05) is 18.4 Å². The lowest BCUT2D eigenvalue weighted by Crippen LogP contribution is -2.18. The van der Waals surface area contributed by atoms with E-state index in [1.54, 1.807) is 36.4 Å². The first kappa shape index (κ1) is 19.4. The molecule has 5 nitrogen and oxygen atoms in total. The minimum absolute atomic E-state index is 0.0333. The minimum Gasteiger partial charge on any atom is -0.494 e. The molecule has 0 aliphatic carbocycles. The molecule has 0 aliphatic rings. The molecule has 0 saturated heterocycles. The number of ether oxygens (including phenoxy) is 2. The monoisotopic (exact) mass is 354 g/mol. The Morgan fingerprint density at radius 2 is 1.58 bits per heavy atom. The third kappa shape index (κ3) is 6.16. The molecular weight excluding hydrogens is 332 g/mol. The summed E-state index contributed by atoms with van der Waals surface area (Å²) in [5.74, 6) is -1.11. The van der Waals surface area contributed by atoms with Crippen molar-refractivity contribution in [1.29, 1.82) is 0 Å². The van der Waals surface area contributed by atoms with Crippen LogP contribution in [-0.4, -0.2) is 24.1 Å². The number of hydrogen-bond acceptors (Lipinski definition) is 5. The van der Waals surface area contributed by atoms with Crippen LogP contribution >= 0.6 is 0 Å². The predicted octanol–water partition coefficient (Wildman–Crippen LogP) is 3.75. The summed E-state index contributed by atoms with van der Waals surface area (Å²) in [6.45, 7) is 2.67. The second-order valence-electron chi connectivity index (χ2n) is 5.78. The first-order chi connectivity index (χ1) is 12.6. The van der Waals surface area contributed by atoms with Crippen molar-refractivity contribution in [2.24, 2.45) is 0 Å². The predicted molar refractivity (Wildman–Crippen MR) is 97.0 cm³/mol. The molecular formula is C21H22O5. The zero-order valence-electron chi connectivity index (χ0n) is 14.8. The highest BCUT2D eigenvalue weighted by Crippen LogP contribution is 2.14. The molecule has 2 rings (SSSR count). The number of hydrogen-bond donors (Lipinski definition) is 0. The zero-order chi connectivity index (χ0) is 18.8. The molecule has 0 heterocycles. The smallest absolute Gasteiger partial charge is 0.374 e. The molecule has 2 aromatic rings. The van der Waals surface area contributed by atoms with Crippen LogP contribution in [0.5, 0.6) is 5.75 Å². The molecule has 0 radical (unpaired) electrons. The van der Waals surface area contributed by atoms with Gasteiger partial charge in [0.05, 0.1) is 6.61 Å². The van der Waals surface area contributed by atoms with E-state index in [1.807, 2.05) is 25.1 Å². The van der Waals surface area contributed by atoms with E-state index < -0.39 is 11.8 Å². The van der Waals surface area contributed by atoms with E-state index in [9.17, 15) is 14.4 Å². The summed E-state index contributed by atoms with van der Waals surface area (Å²) < 4.78 is 10.4. The van der Waals surface area contributed by atoms with Gasteiger partial charge in [-0.25, -0.2) is 4.79 Å². The normalized spacial score (nSPS) is 10.2. The summed E-state index contributed by atoms with van der Waals surface area (Å²) in [6.07, 6.45) is 0.706. The Labute approximate surface area is 152 Å². The van der Waals surface area contributed by atoms with Crippen molar-refractivity contribution in [3.63, 3.8) is 0 Å². The van der Waals surface area contributed by atoms with Crippen LogP contribution in [0.3, 0.4) is 0 Å². The molecule has 0 spiro atoms. The number of Topliss-reactive ketones (excluding diaryl/α,β-unsaturated/α-hetero) is 2. The zero-order valence-corrected chi connectivity index (χ0v) is 14.8. The third-order valence-electron chi connectivity index (χ3n) is 3.67. The Balaban J connectivity index is 1.76. The van der Waals surface area contributed by atoms with Gasteiger partial charge in [-0.1, -0.05) is 37.3 Å². The summed E-state index contributed by atoms with van der Waals surface area (Å²) in [5, 5.41) is 0. The van der Waals surface area contributed by atoms with E-state index in [2.05, 4.69) is 0 Å². The fraction of sp³-hybridized carbons (Fsp3) is 0.286. The molecule has 0 N–H and O–H groups in total. The lowest BCUT2D eigenvalue weighted by Gasteiger charge is -2.06. The van der Waals surface area contributed by atoms with Gasteiger partial charge in [-0.2, -0.15) is 0 Å². The van der Waals surface area contributed by atoms with E-state index in [0.29, 0.717) is 17.9 Å². The van der Waals surface area contributed by atoms with E-state index in [4.69, 9.17) is 9.47 Å². The van der Waals surface area contributed by atoms with E-state index >= 15 is 0 Å². The molecule has 0 aliphatic heterocycles. The molecule has 0 amide bonds. The lowest BCUT2D eigenvalue weighted by atomic mass is 10.0. The molecule has 0 saturated carbocycles. The molecule has 0 fully saturated rings. The Hall–Kier alpha value is -2.95. The van der Waals surface area contributed by atoms with Crippen molar-refractivity contribution < 1.29 is 23.9 Å². The van der Waals surface area contributed by atoms with Gasteiger partial charge in [-0.15, -0.1) is 0 Å². The number of ketones is 2. The molecule has 26 heavy (non-hydrogen) atoms. The molecule has 2 aromatic carbocycles. The van der Waals surface area contributed by atoms with Gasteiger partial charge in [0.15, 0.2) is 5.78 Å². The van der Waals surface area contributed by atoms with Crippen molar-refractivity contribution in [3.8, 4) is 5.75 Å². The Morgan fingerprint density at radius 3 is 2.23 bits per heavy atom. The Morgan fingerprint density at radius 1 is 0.885 bits per heavy atom. The van der Waals surface area contributed by atoms with Gasteiger partial charge in [0.25, 0.3) is 0 Å². The molecule has 0 atom stereocenters. The van der Waals surface area contributed by atoms with Gasteiger partial charge >= 0.3 is 5.97 Å². The fourth-order valence-corrected chi connectivity index (χ4v) is 2.23. The quantitative estimate of drug-likeness (QED) is 0.369. The van der Waals surface area contributed by atoms with Gasteiger partial charge in [-0.05, 0) is 36.2 Å². The highest BCUT2D eigenvalue weighted by molar-refractivity contribution is 6.34. The summed E-state index contributed by atoms with van der Waals surface area (Å²) in [4.78, 5) is 35.7. The van der Waals surface area contributed by atoms with Gasteiger partial charge in [0.2, 0.25) is 5.78 Å². The second kappa shape index (κ2) is 10.1. The second-order valence-corrected chi connectivity index (χ2v) is 5.78. The van der Waals surface area contributed by atoms with Gasteiger partial charge < -0.3 is 9.47 Å². The van der Waals surface area contributed by atoms with Crippen LogP contribution in [0.2, 0.25) is 0 Å². The van der Waals surface area contributed by atoms with Crippen molar-refractivity contribution in [2.75, 3.05) is 6.61 Å². The van der Waals surface area contributed by atoms with Crippen molar-refractivity contribution in [3.05, 3.63) is 65.7 Å². The number of carbonyl (C=O) groups excluding carboxylic acids is 3. The molecule has 0 aromatic heterocycles. The van der Waals surface area contributed by atoms with Crippen LogP contribution in [-0.2, 0) is 20.9 Å². The molecule has 5 heteroatoms. The SMILES string of the molecule is CCCOc1ccc(C(=O)CCC(=O)C(=O)OCc2ccccc2)cc1. The maximum absolute atomic E-state index is 12.1.